The molecule has 0 bridgehead atoms. The van der Waals surface area contributed by atoms with Gasteiger partial charge in [0.25, 0.3) is 5.92 Å². The van der Waals surface area contributed by atoms with E-state index in [1.807, 2.05) is 25.3 Å². The van der Waals surface area contributed by atoms with Gasteiger partial charge in [-0.25, -0.2) is 23.1 Å². The van der Waals surface area contributed by atoms with Crippen molar-refractivity contribution in [3.63, 3.8) is 0 Å². The van der Waals surface area contributed by atoms with Crippen molar-refractivity contribution in [1.82, 2.24) is 9.97 Å². The second-order valence-corrected chi connectivity index (χ2v) is 9.34. The largest absolute Gasteiger partial charge is 0.388 e. The molecule has 3 aromatic rings. The first-order valence-corrected chi connectivity index (χ1v) is 11.7. The van der Waals surface area contributed by atoms with E-state index in [9.17, 15) is 8.78 Å². The molecule has 4 nitrogen and oxygen atoms in total. The van der Waals surface area contributed by atoms with Crippen LogP contribution in [-0.4, -0.2) is 17.0 Å². The minimum Gasteiger partial charge on any atom is -0.388 e. The van der Waals surface area contributed by atoms with Gasteiger partial charge in [-0.2, -0.15) is 0 Å². The fraction of sp³-hybridized carbons (Fsp3) is 0.407. The van der Waals surface area contributed by atoms with Crippen molar-refractivity contribution in [3.05, 3.63) is 71.3 Å². The van der Waals surface area contributed by atoms with Gasteiger partial charge >= 0.3 is 0 Å². The molecule has 1 aliphatic rings. The Hall–Kier alpha value is -3.09. The third-order valence-electron chi connectivity index (χ3n) is 6.99. The zero-order valence-electron chi connectivity index (χ0n) is 20.1. The Morgan fingerprint density at radius 2 is 1.97 bits per heavy atom. The molecule has 1 heterocycles. The number of fused-ring (bicyclic) bond motifs is 1. The Morgan fingerprint density at radius 1 is 1.24 bits per heavy atom. The summed E-state index contributed by atoms with van der Waals surface area (Å²) in [5.41, 5.74) is 1.25. The molecule has 180 valence electrons. The van der Waals surface area contributed by atoms with Crippen molar-refractivity contribution < 1.29 is 13.2 Å². The van der Waals surface area contributed by atoms with Gasteiger partial charge in [0.1, 0.15) is 17.5 Å². The standard InChI is InChI=1S/C27H31F3N4/c1-6-17(7-2)19-13-23-20(14-22(19)31-5)25(34-16(3)33-23)32-15-18-9-8-10-21(24(18)28)27(29,30)26(4)11-12-26/h6,8-10,13-14,17,31H,1,7,11-12,15H2,2-5H3,(H,32,33,34). The lowest BCUT2D eigenvalue weighted by atomic mass is 9.91. The van der Waals surface area contributed by atoms with E-state index in [0.717, 1.165) is 28.6 Å². The van der Waals surface area contributed by atoms with Gasteiger partial charge in [-0.05, 0) is 43.9 Å². The van der Waals surface area contributed by atoms with Crippen LogP contribution in [-0.2, 0) is 12.5 Å². The predicted octanol–water partition coefficient (Wildman–Crippen LogP) is 7.30. The average Bonchev–Trinajstić information content (AvgIpc) is 3.57. The van der Waals surface area contributed by atoms with Crippen LogP contribution in [0.3, 0.4) is 0 Å². The average molecular weight is 469 g/mol. The molecule has 4 rings (SSSR count). The van der Waals surface area contributed by atoms with Gasteiger partial charge in [-0.1, -0.05) is 38.1 Å². The summed E-state index contributed by atoms with van der Waals surface area (Å²) in [4.78, 5) is 9.11. The maximum atomic E-state index is 15.2. The third-order valence-corrected chi connectivity index (χ3v) is 6.99. The molecule has 1 fully saturated rings. The molecule has 1 atom stereocenters. The number of rotatable bonds is 9. The first-order chi connectivity index (χ1) is 16.1. The highest BCUT2D eigenvalue weighted by Crippen LogP contribution is 2.61. The first-order valence-electron chi connectivity index (χ1n) is 11.7. The van der Waals surface area contributed by atoms with Crippen molar-refractivity contribution in [1.29, 1.82) is 0 Å². The number of aromatic nitrogens is 2. The van der Waals surface area contributed by atoms with Gasteiger partial charge in [-0.3, -0.25) is 0 Å². The number of hydrogen-bond acceptors (Lipinski definition) is 4. The molecule has 1 aromatic heterocycles. The summed E-state index contributed by atoms with van der Waals surface area (Å²) in [6.07, 6.45) is 3.62. The Balaban J connectivity index is 1.69. The molecule has 0 saturated heterocycles. The second-order valence-electron chi connectivity index (χ2n) is 9.34. The van der Waals surface area contributed by atoms with E-state index in [0.29, 0.717) is 24.5 Å². The summed E-state index contributed by atoms with van der Waals surface area (Å²) in [5.74, 6) is -2.80. The predicted molar refractivity (Wildman–Crippen MR) is 132 cm³/mol. The van der Waals surface area contributed by atoms with Gasteiger partial charge in [0.2, 0.25) is 0 Å². The van der Waals surface area contributed by atoms with Gasteiger partial charge in [0, 0.05) is 41.6 Å². The third kappa shape index (κ3) is 4.12. The van der Waals surface area contributed by atoms with Gasteiger partial charge < -0.3 is 10.6 Å². The van der Waals surface area contributed by atoms with Crippen LogP contribution in [0.4, 0.5) is 24.7 Å². The lowest BCUT2D eigenvalue weighted by Gasteiger charge is -2.25. The lowest BCUT2D eigenvalue weighted by molar-refractivity contribution is -0.0753. The number of allylic oxidation sites excluding steroid dienone is 1. The fourth-order valence-corrected chi connectivity index (χ4v) is 4.44. The number of hydrogen-bond donors (Lipinski definition) is 2. The quantitative estimate of drug-likeness (QED) is 0.324. The van der Waals surface area contributed by atoms with Gasteiger partial charge in [-0.15, -0.1) is 6.58 Å². The molecule has 0 spiro atoms. The van der Waals surface area contributed by atoms with Crippen LogP contribution in [0, 0.1) is 18.2 Å². The van der Waals surface area contributed by atoms with Crippen LogP contribution in [0.5, 0.6) is 0 Å². The zero-order valence-corrected chi connectivity index (χ0v) is 20.1. The summed E-state index contributed by atoms with van der Waals surface area (Å²) < 4.78 is 45.1. The summed E-state index contributed by atoms with van der Waals surface area (Å²) >= 11 is 0. The van der Waals surface area contributed by atoms with Crippen molar-refractivity contribution in [2.24, 2.45) is 5.41 Å². The molecule has 0 aliphatic heterocycles. The van der Waals surface area contributed by atoms with Crippen molar-refractivity contribution in [2.45, 2.75) is 58.4 Å². The molecule has 1 saturated carbocycles. The highest BCUT2D eigenvalue weighted by molar-refractivity contribution is 5.93. The number of nitrogens with one attached hydrogen (secondary N) is 2. The molecule has 1 aliphatic carbocycles. The molecule has 7 heteroatoms. The normalized spacial score (nSPS) is 15.7. The van der Waals surface area contributed by atoms with Crippen molar-refractivity contribution in [2.75, 3.05) is 17.7 Å². The van der Waals surface area contributed by atoms with E-state index in [-0.39, 0.29) is 18.0 Å². The van der Waals surface area contributed by atoms with E-state index in [2.05, 4.69) is 34.1 Å². The van der Waals surface area contributed by atoms with Crippen LogP contribution < -0.4 is 10.6 Å². The Morgan fingerprint density at radius 3 is 2.59 bits per heavy atom. The second kappa shape index (κ2) is 8.93. The van der Waals surface area contributed by atoms with E-state index >= 15 is 4.39 Å². The molecule has 34 heavy (non-hydrogen) atoms. The Bertz CT molecular complexity index is 1230. The van der Waals surface area contributed by atoms with E-state index in [4.69, 9.17) is 0 Å². The maximum absolute atomic E-state index is 15.2. The minimum absolute atomic E-state index is 0.0267. The SMILES string of the molecule is C=CC(CC)c1cc2nc(C)nc(NCc3cccc(C(F)(F)C4(C)CC4)c3F)c2cc1NC. The molecular formula is C27H31F3N4. The summed E-state index contributed by atoms with van der Waals surface area (Å²) in [6, 6.07) is 8.20. The summed E-state index contributed by atoms with van der Waals surface area (Å²) in [7, 11) is 1.85. The molecule has 1 unspecified atom stereocenters. The Labute approximate surface area is 198 Å². The van der Waals surface area contributed by atoms with Crippen LogP contribution >= 0.6 is 0 Å². The number of anilines is 2. The number of alkyl halides is 2. The highest BCUT2D eigenvalue weighted by Gasteiger charge is 2.60. The fourth-order valence-electron chi connectivity index (χ4n) is 4.44. The van der Waals surface area contributed by atoms with E-state index < -0.39 is 22.7 Å². The number of benzene rings is 2. The number of halogens is 3. The lowest BCUT2D eigenvalue weighted by Crippen LogP contribution is -2.26. The van der Waals surface area contributed by atoms with Crippen molar-refractivity contribution >= 4 is 22.4 Å². The van der Waals surface area contributed by atoms with Crippen LogP contribution in [0.2, 0.25) is 0 Å². The number of nitrogens with zero attached hydrogens (tertiary/aromatic N) is 2. The van der Waals surface area contributed by atoms with Crippen molar-refractivity contribution in [3.8, 4) is 0 Å². The highest BCUT2D eigenvalue weighted by atomic mass is 19.3. The topological polar surface area (TPSA) is 49.8 Å². The monoisotopic (exact) mass is 468 g/mol. The summed E-state index contributed by atoms with van der Waals surface area (Å²) in [6.45, 7) is 9.38. The Kier molecular flexibility index (Phi) is 6.32. The van der Waals surface area contributed by atoms with E-state index in [1.54, 1.807) is 6.92 Å². The smallest absolute Gasteiger partial charge is 0.281 e. The molecule has 0 radical (unpaired) electrons. The van der Waals surface area contributed by atoms with E-state index in [1.165, 1.54) is 25.1 Å². The molecule has 0 amide bonds. The minimum atomic E-state index is -3.20. The van der Waals surface area contributed by atoms with Crippen LogP contribution in [0.1, 0.15) is 61.5 Å². The molecule has 2 N–H and O–H groups in total. The van der Waals surface area contributed by atoms with Gasteiger partial charge in [0.15, 0.2) is 0 Å². The summed E-state index contributed by atoms with van der Waals surface area (Å²) in [5, 5.41) is 7.16. The van der Waals surface area contributed by atoms with Crippen LogP contribution in [0.25, 0.3) is 10.9 Å². The number of aryl methyl sites for hydroxylation is 1. The van der Waals surface area contributed by atoms with Crippen LogP contribution in [0.15, 0.2) is 43.0 Å². The van der Waals surface area contributed by atoms with Gasteiger partial charge in [0.05, 0.1) is 11.1 Å². The molecule has 2 aromatic carbocycles. The first kappa shape index (κ1) is 24.0. The zero-order chi connectivity index (χ0) is 24.7. The molecular weight excluding hydrogens is 437 g/mol. The maximum Gasteiger partial charge on any atom is 0.281 e.